The first kappa shape index (κ1) is 67.9. The molecule has 12 rings (SSSR count). The van der Waals surface area contributed by atoms with Crippen LogP contribution in [0.3, 0.4) is 0 Å². The first-order valence-corrected chi connectivity index (χ1v) is 35.9. The van der Waals surface area contributed by atoms with Crippen LogP contribution in [0.4, 0.5) is 0 Å². The van der Waals surface area contributed by atoms with E-state index in [2.05, 4.69) is 312 Å². The van der Waals surface area contributed by atoms with Crippen LogP contribution in [-0.2, 0) is 45.4 Å². The Labute approximate surface area is 568 Å². The summed E-state index contributed by atoms with van der Waals surface area (Å²) >= 11 is 3.56. The van der Waals surface area contributed by atoms with Crippen molar-refractivity contribution in [2.75, 3.05) is 26.4 Å². The number of allylic oxidation sites excluding steroid dienone is 8. The van der Waals surface area contributed by atoms with Crippen molar-refractivity contribution >= 4 is 63.6 Å². The Morgan fingerprint density at radius 1 is 0.424 bits per heavy atom. The molecule has 2 aliphatic rings. The van der Waals surface area contributed by atoms with Gasteiger partial charge in [-0.05, 0) is 6.92 Å². The molecule has 0 unspecified atom stereocenters. The van der Waals surface area contributed by atoms with Gasteiger partial charge in [0.05, 0.1) is 0 Å². The molecule has 0 aromatic heterocycles. The molecule has 0 spiro atoms. The molecule has 2 nitrogen and oxygen atoms in total. The van der Waals surface area contributed by atoms with E-state index in [-0.39, 0.29) is 14.9 Å². The van der Waals surface area contributed by atoms with Crippen molar-refractivity contribution in [2.24, 2.45) is 0 Å². The molecule has 0 atom stereocenters. The van der Waals surface area contributed by atoms with Gasteiger partial charge in [-0.25, -0.2) is 0 Å². The van der Waals surface area contributed by atoms with Gasteiger partial charge in [-0.2, -0.15) is 0 Å². The molecular formula is C86H72O2Os2P2-2. The van der Waals surface area contributed by atoms with E-state index in [0.717, 1.165) is 66.3 Å². The molecule has 2 fully saturated rings. The third-order valence-corrected chi connectivity index (χ3v) is 26.8. The summed E-state index contributed by atoms with van der Waals surface area (Å²) < 4.78 is 19.2. The third-order valence-electron chi connectivity index (χ3n) is 16.1. The van der Waals surface area contributed by atoms with E-state index in [9.17, 15) is 0 Å². The zero-order chi connectivity index (χ0) is 62.1. The van der Waals surface area contributed by atoms with E-state index in [1.165, 1.54) is 48.5 Å². The fraction of sp³-hybridized carbons (Fsp3) is 0.0930. The van der Waals surface area contributed by atoms with Gasteiger partial charge in [0.15, 0.2) is 0 Å². The summed E-state index contributed by atoms with van der Waals surface area (Å²) in [5, 5.41) is 9.87. The van der Waals surface area contributed by atoms with E-state index < -0.39 is 14.5 Å². The predicted molar refractivity (Wildman–Crippen MR) is 387 cm³/mol. The molecule has 0 N–H and O–H groups in total. The molecule has 0 aliphatic carbocycles. The summed E-state index contributed by atoms with van der Waals surface area (Å²) in [4.78, 5) is 0. The monoisotopic (exact) mass is 1580 g/mol. The molecule has 2 aliphatic heterocycles. The Hall–Kier alpha value is -8.45. The number of rotatable bonds is 15. The Balaban J connectivity index is 0.000000213. The van der Waals surface area contributed by atoms with Gasteiger partial charge in [0.1, 0.15) is 0 Å². The average Bonchev–Trinajstić information content (AvgIpc) is 0.817. The van der Waals surface area contributed by atoms with Gasteiger partial charge in [0.25, 0.3) is 0 Å². The normalized spacial score (nSPS) is 14.8. The van der Waals surface area contributed by atoms with E-state index >= 15 is 0 Å². The molecule has 6 heteroatoms. The first-order valence-electron chi connectivity index (χ1n) is 29.7. The van der Waals surface area contributed by atoms with Gasteiger partial charge in [-0.15, -0.1) is 6.42 Å². The molecule has 0 radical (unpaired) electrons. The first-order chi connectivity index (χ1) is 44.3. The van der Waals surface area contributed by atoms with E-state index in [4.69, 9.17) is 22.5 Å². The molecule has 2 saturated heterocycles. The maximum atomic E-state index is 6.46. The third kappa shape index (κ3) is 14.6. The van der Waals surface area contributed by atoms with Crippen LogP contribution >= 0.6 is 14.5 Å². The van der Waals surface area contributed by atoms with Crippen LogP contribution in [0.25, 0.3) is 39.5 Å². The molecule has 456 valence electrons. The second-order valence-corrected chi connectivity index (χ2v) is 29.4. The zero-order valence-corrected chi connectivity index (χ0v) is 57.0. The average molecular weight is 1580 g/mol. The van der Waals surface area contributed by atoms with Gasteiger partial charge in [0, 0.05) is 0 Å². The van der Waals surface area contributed by atoms with Crippen molar-refractivity contribution in [1.29, 1.82) is 0 Å². The van der Waals surface area contributed by atoms with Crippen LogP contribution in [0.1, 0.15) is 51.0 Å². The summed E-state index contributed by atoms with van der Waals surface area (Å²) in [7, 11) is -4.88. The van der Waals surface area contributed by atoms with Gasteiger partial charge < -0.3 is 0 Å². The van der Waals surface area contributed by atoms with Gasteiger partial charge in [-0.3, -0.25) is 0 Å². The Bertz CT molecular complexity index is 4260. The number of terminal acetylenes is 1. The van der Waals surface area contributed by atoms with Crippen LogP contribution < -0.4 is 31.8 Å². The molecule has 92 heavy (non-hydrogen) atoms. The van der Waals surface area contributed by atoms with Crippen LogP contribution in [0.5, 0.6) is 0 Å². The van der Waals surface area contributed by atoms with Gasteiger partial charge in [-0.1, -0.05) is 20.9 Å². The summed E-state index contributed by atoms with van der Waals surface area (Å²) in [6.07, 6.45) is 20.8. The summed E-state index contributed by atoms with van der Waals surface area (Å²) in [5.74, 6) is 2.70. The topological polar surface area (TPSA) is 18.5 Å². The number of benzene rings is 10. The van der Waals surface area contributed by atoms with Crippen LogP contribution in [0.2, 0.25) is 0 Å². The van der Waals surface area contributed by atoms with E-state index in [1.807, 2.05) is 26.0 Å². The molecule has 0 bridgehead atoms. The summed E-state index contributed by atoms with van der Waals surface area (Å²) in [6.45, 7) is 12.4. The van der Waals surface area contributed by atoms with Crippen LogP contribution in [0, 0.1) is 45.9 Å². The molecule has 10 aromatic carbocycles. The van der Waals surface area contributed by atoms with Crippen molar-refractivity contribution in [3.05, 3.63) is 365 Å². The minimum atomic E-state index is -2.45. The molecule has 0 saturated carbocycles. The number of hydrogen-bond acceptors (Lipinski definition) is 2. The van der Waals surface area contributed by atoms with E-state index in [0.29, 0.717) is 32.0 Å². The van der Waals surface area contributed by atoms with Crippen molar-refractivity contribution in [3.8, 4) is 43.3 Å². The minimum absolute atomic E-state index is 0. The van der Waals surface area contributed by atoms with Gasteiger partial charge >= 0.3 is 538 Å². The number of ether oxygens (including phenoxy) is 2. The fourth-order valence-electron chi connectivity index (χ4n) is 11.7. The van der Waals surface area contributed by atoms with Crippen molar-refractivity contribution in [3.63, 3.8) is 0 Å². The standard InChI is InChI=1S/C43H35OP.C41H29OP.2CH4.2Os/c1-4-15-34-22-24-36(25-23-34)37-26-28-38(29-27-37)43(30-39-32-44-31-35(39)5-2)33(3)45(40-16-9-6-10-17-40,41-18-11-7-12-19-41)42-20-13-8-14-21-42;1-4-33-20-22-34(23-21-33)35-24-26-36(27-25-35)41(28-37-30-42-29-31(37)2)32(3)43(38-14-8-5-9-15-38,39-16-10-6-11-17-39)40-18-12-7-13-19-40;;;;/h4,6-29H,31-32H2,1-2H3;1-2,5-27H,29-30H2;2*1H4;;/q2*-1;;;;/b15-4+,43-33?;;;;;. The van der Waals surface area contributed by atoms with Gasteiger partial charge in [0.2, 0.25) is 0 Å². The van der Waals surface area contributed by atoms with Crippen molar-refractivity contribution in [2.45, 2.75) is 28.7 Å². The van der Waals surface area contributed by atoms with Crippen molar-refractivity contribution < 1.29 is 45.4 Å². The SMILES string of the molecule is C.C.C#Cc1ccc(-c2ccc(C([C-]=C3COCC3=[CH-])=C([C]#[Os])[P+](c3ccccc3)(c3ccccc3)c3ccccc3)cc2)cc1.C[C-]=C1COCC1=[C-]C(=C([C]#[Os])[P+](c1ccccc1)(c1ccccc1)c1ccccc1)c1ccc(-c2ccc(/C=C/C)cc2)cc1. The predicted octanol–water partition coefficient (Wildman–Crippen LogP) is 18.0. The summed E-state index contributed by atoms with van der Waals surface area (Å²) in [5.41, 5.74) is 14.5. The fourth-order valence-corrected chi connectivity index (χ4v) is 23.2. The zero-order valence-electron chi connectivity index (χ0n) is 50.1. The van der Waals surface area contributed by atoms with Crippen LogP contribution in [0.15, 0.2) is 318 Å². The molecule has 0 amide bonds. The Morgan fingerprint density at radius 2 is 0.728 bits per heavy atom. The summed E-state index contributed by atoms with van der Waals surface area (Å²) in [6, 6.07) is 99.8. The second-order valence-electron chi connectivity index (χ2n) is 21.4. The Kier molecular flexibility index (Phi) is 24.2. The maximum absolute atomic E-state index is 6.46. The van der Waals surface area contributed by atoms with Crippen LogP contribution in [-0.4, -0.2) is 26.4 Å². The molecule has 10 aromatic rings. The van der Waals surface area contributed by atoms with E-state index in [1.54, 1.807) is 35.9 Å². The molecular weight excluding hydrogens is 1510 g/mol. The van der Waals surface area contributed by atoms with Crippen molar-refractivity contribution in [1.82, 2.24) is 0 Å². The number of hydrogen-bond donors (Lipinski definition) is 0. The molecule has 2 heterocycles. The second kappa shape index (κ2) is 32.7. The Morgan fingerprint density at radius 3 is 1.03 bits per heavy atom. The quantitative estimate of drug-likeness (QED) is 0.0579.